The van der Waals surface area contributed by atoms with Gasteiger partial charge in [-0.15, -0.1) is 6.58 Å². The summed E-state index contributed by atoms with van der Waals surface area (Å²) in [5.74, 6) is -0.678. The zero-order valence-electron chi connectivity index (χ0n) is 10.6. The molecule has 1 N–H and O–H groups in total. The molecular weight excluding hydrogens is 236 g/mol. The third-order valence-electron chi connectivity index (χ3n) is 3.11. The van der Waals surface area contributed by atoms with Crippen molar-refractivity contribution in [1.29, 1.82) is 0 Å². The first-order valence-corrected chi connectivity index (χ1v) is 6.19. The first-order valence-electron chi connectivity index (χ1n) is 6.19. The van der Waals surface area contributed by atoms with E-state index in [9.17, 15) is 9.90 Å². The molecule has 2 nitrogen and oxygen atoms in total. The molecular formula is C17H16O2. The molecule has 2 aromatic carbocycles. The lowest BCUT2D eigenvalue weighted by Gasteiger charge is -2.19. The van der Waals surface area contributed by atoms with Crippen molar-refractivity contribution in [2.75, 3.05) is 0 Å². The normalized spacial score (nSPS) is 13.5. The highest BCUT2D eigenvalue weighted by atomic mass is 16.3. The highest BCUT2D eigenvalue weighted by Crippen LogP contribution is 2.23. The van der Waals surface area contributed by atoms with Crippen molar-refractivity contribution < 1.29 is 9.90 Å². The Hall–Kier alpha value is -2.19. The zero-order valence-corrected chi connectivity index (χ0v) is 10.6. The van der Waals surface area contributed by atoms with E-state index in [2.05, 4.69) is 6.58 Å². The molecule has 0 radical (unpaired) electrons. The average molecular weight is 252 g/mol. The molecule has 0 aliphatic carbocycles. The van der Waals surface area contributed by atoms with E-state index in [1.165, 1.54) is 0 Å². The van der Waals surface area contributed by atoms with Gasteiger partial charge in [-0.2, -0.15) is 0 Å². The lowest BCUT2D eigenvalue weighted by molar-refractivity contribution is 0.0720. The Balaban J connectivity index is 2.25. The van der Waals surface area contributed by atoms with E-state index >= 15 is 0 Å². The van der Waals surface area contributed by atoms with Crippen LogP contribution in [0.1, 0.15) is 21.8 Å². The van der Waals surface area contributed by atoms with E-state index < -0.39 is 12.0 Å². The maximum absolute atomic E-state index is 12.2. The molecule has 0 unspecified atom stereocenters. The molecule has 0 fully saturated rings. The standard InChI is InChI=1S/C17H16O2/c1-2-15(13-9-5-3-6-10-13)17(19)16(18)14-11-7-4-8-12-14/h2-12,15,17,19H,1H2/t15-,17+/m0/s1. The fourth-order valence-corrected chi connectivity index (χ4v) is 2.06. The number of hydrogen-bond acceptors (Lipinski definition) is 2. The molecule has 0 aromatic heterocycles. The second kappa shape index (κ2) is 6.12. The van der Waals surface area contributed by atoms with E-state index in [1.807, 2.05) is 36.4 Å². The van der Waals surface area contributed by atoms with Crippen LogP contribution in [-0.2, 0) is 0 Å². The number of carbonyl (C=O) groups excluding carboxylic acids is 1. The van der Waals surface area contributed by atoms with Crippen molar-refractivity contribution >= 4 is 5.78 Å². The summed E-state index contributed by atoms with van der Waals surface area (Å²) in [7, 11) is 0. The van der Waals surface area contributed by atoms with E-state index in [0.717, 1.165) is 5.56 Å². The topological polar surface area (TPSA) is 37.3 Å². The van der Waals surface area contributed by atoms with Crippen LogP contribution in [0.4, 0.5) is 0 Å². The van der Waals surface area contributed by atoms with E-state index in [0.29, 0.717) is 5.56 Å². The Labute approximate surface area is 113 Å². The van der Waals surface area contributed by atoms with Crippen LogP contribution >= 0.6 is 0 Å². The Bertz CT molecular complexity index is 546. The Morgan fingerprint density at radius 2 is 1.53 bits per heavy atom. The third-order valence-corrected chi connectivity index (χ3v) is 3.11. The van der Waals surface area contributed by atoms with Crippen LogP contribution in [0.5, 0.6) is 0 Å². The number of hydrogen-bond donors (Lipinski definition) is 1. The predicted octanol–water partition coefficient (Wildman–Crippen LogP) is 3.20. The number of carbonyl (C=O) groups is 1. The lowest BCUT2D eigenvalue weighted by atomic mass is 9.89. The molecule has 0 spiro atoms. The van der Waals surface area contributed by atoms with Crippen molar-refractivity contribution in [1.82, 2.24) is 0 Å². The van der Waals surface area contributed by atoms with Gasteiger partial charge in [0.2, 0.25) is 0 Å². The minimum absolute atomic E-state index is 0.283. The summed E-state index contributed by atoms with van der Waals surface area (Å²) in [6.45, 7) is 3.72. The molecule has 2 aromatic rings. The summed E-state index contributed by atoms with van der Waals surface area (Å²) in [4.78, 5) is 12.2. The highest BCUT2D eigenvalue weighted by molar-refractivity contribution is 6.00. The van der Waals surface area contributed by atoms with Crippen LogP contribution in [0.3, 0.4) is 0 Å². The van der Waals surface area contributed by atoms with E-state index in [1.54, 1.807) is 30.3 Å². The van der Waals surface area contributed by atoms with Crippen LogP contribution in [0, 0.1) is 0 Å². The number of benzene rings is 2. The minimum atomic E-state index is -1.11. The van der Waals surface area contributed by atoms with Gasteiger partial charge in [-0.25, -0.2) is 0 Å². The van der Waals surface area contributed by atoms with Gasteiger partial charge in [0.1, 0.15) is 6.10 Å². The number of Topliss-reactive ketones (excluding diaryl/α,β-unsaturated/α-hetero) is 1. The van der Waals surface area contributed by atoms with Gasteiger partial charge in [0.05, 0.1) is 0 Å². The maximum Gasteiger partial charge on any atom is 0.192 e. The van der Waals surface area contributed by atoms with Crippen molar-refractivity contribution in [2.24, 2.45) is 0 Å². The van der Waals surface area contributed by atoms with E-state index in [4.69, 9.17) is 0 Å². The molecule has 0 aliphatic rings. The smallest absolute Gasteiger partial charge is 0.192 e. The van der Waals surface area contributed by atoms with Crippen molar-refractivity contribution in [3.05, 3.63) is 84.4 Å². The molecule has 2 rings (SSSR count). The average Bonchev–Trinajstić information content (AvgIpc) is 2.49. The van der Waals surface area contributed by atoms with Gasteiger partial charge in [0.25, 0.3) is 0 Å². The highest BCUT2D eigenvalue weighted by Gasteiger charge is 2.25. The summed E-state index contributed by atoms with van der Waals surface area (Å²) in [6.07, 6.45) is 0.503. The van der Waals surface area contributed by atoms with Crippen molar-refractivity contribution in [3.8, 4) is 0 Å². The molecule has 19 heavy (non-hydrogen) atoms. The van der Waals surface area contributed by atoms with Gasteiger partial charge >= 0.3 is 0 Å². The van der Waals surface area contributed by atoms with Gasteiger partial charge in [0, 0.05) is 11.5 Å². The second-order valence-corrected chi connectivity index (χ2v) is 4.35. The largest absolute Gasteiger partial charge is 0.384 e. The predicted molar refractivity (Wildman–Crippen MR) is 76.2 cm³/mol. The van der Waals surface area contributed by atoms with Crippen LogP contribution in [0.2, 0.25) is 0 Å². The fraction of sp³-hybridized carbons (Fsp3) is 0.118. The van der Waals surface area contributed by atoms with Crippen LogP contribution < -0.4 is 0 Å². The lowest BCUT2D eigenvalue weighted by Crippen LogP contribution is -2.27. The molecule has 0 aliphatic heterocycles. The van der Waals surface area contributed by atoms with Gasteiger partial charge in [0.15, 0.2) is 5.78 Å². The summed E-state index contributed by atoms with van der Waals surface area (Å²) < 4.78 is 0. The first-order chi connectivity index (χ1) is 9.24. The van der Waals surface area contributed by atoms with Crippen LogP contribution in [0.15, 0.2) is 73.3 Å². The molecule has 2 heteroatoms. The Morgan fingerprint density at radius 1 is 1.00 bits per heavy atom. The summed E-state index contributed by atoms with van der Waals surface area (Å²) in [6, 6.07) is 18.2. The van der Waals surface area contributed by atoms with Gasteiger partial charge in [-0.1, -0.05) is 66.7 Å². The quantitative estimate of drug-likeness (QED) is 0.655. The zero-order chi connectivity index (χ0) is 13.7. The molecule has 96 valence electrons. The second-order valence-electron chi connectivity index (χ2n) is 4.35. The van der Waals surface area contributed by atoms with Crippen LogP contribution in [0.25, 0.3) is 0 Å². The van der Waals surface area contributed by atoms with Crippen molar-refractivity contribution in [2.45, 2.75) is 12.0 Å². The Morgan fingerprint density at radius 3 is 2.05 bits per heavy atom. The summed E-state index contributed by atoms with van der Waals surface area (Å²) in [5.41, 5.74) is 1.40. The molecule has 0 amide bonds. The summed E-state index contributed by atoms with van der Waals surface area (Å²) >= 11 is 0. The maximum atomic E-state index is 12.2. The van der Waals surface area contributed by atoms with Crippen LogP contribution in [-0.4, -0.2) is 17.0 Å². The van der Waals surface area contributed by atoms with E-state index in [-0.39, 0.29) is 5.78 Å². The summed E-state index contributed by atoms with van der Waals surface area (Å²) in [5, 5.41) is 10.3. The first kappa shape index (κ1) is 13.2. The SMILES string of the molecule is C=C[C@@H](c1ccccc1)[C@@H](O)C(=O)c1ccccc1. The molecule has 2 atom stereocenters. The molecule has 0 saturated carbocycles. The monoisotopic (exact) mass is 252 g/mol. The molecule has 0 saturated heterocycles. The molecule has 0 heterocycles. The van der Waals surface area contributed by atoms with Gasteiger partial charge in [-0.05, 0) is 5.56 Å². The number of aliphatic hydroxyl groups is 1. The number of rotatable bonds is 5. The fourth-order valence-electron chi connectivity index (χ4n) is 2.06. The van der Waals surface area contributed by atoms with Gasteiger partial charge < -0.3 is 5.11 Å². The molecule has 0 bridgehead atoms. The number of ketones is 1. The van der Waals surface area contributed by atoms with Gasteiger partial charge in [-0.3, -0.25) is 4.79 Å². The minimum Gasteiger partial charge on any atom is -0.384 e. The van der Waals surface area contributed by atoms with Crippen molar-refractivity contribution in [3.63, 3.8) is 0 Å². The number of aliphatic hydroxyl groups excluding tert-OH is 1. The third kappa shape index (κ3) is 2.98. The Kier molecular flexibility index (Phi) is 4.26.